The number of esters is 1. The van der Waals surface area contributed by atoms with E-state index in [0.717, 1.165) is 42.2 Å². The zero-order chi connectivity index (χ0) is 18.4. The third-order valence-corrected chi connectivity index (χ3v) is 7.54. The minimum Gasteiger partial charge on any atom is -0.459 e. The molecule has 0 aromatic carbocycles. The van der Waals surface area contributed by atoms with Crippen molar-refractivity contribution in [2.45, 2.75) is 71.8 Å². The van der Waals surface area contributed by atoms with Crippen molar-refractivity contribution >= 4 is 28.2 Å². The summed E-state index contributed by atoms with van der Waals surface area (Å²) in [6, 6.07) is 0. The van der Waals surface area contributed by atoms with Gasteiger partial charge in [0.05, 0.1) is 11.7 Å². The van der Waals surface area contributed by atoms with Crippen LogP contribution < -0.4 is 5.32 Å². The molecule has 3 aliphatic carbocycles. The van der Waals surface area contributed by atoms with Crippen LogP contribution in [0, 0.1) is 23.7 Å². The lowest BCUT2D eigenvalue weighted by atomic mass is 9.87. The summed E-state index contributed by atoms with van der Waals surface area (Å²) >= 11 is 1.60. The highest BCUT2D eigenvalue weighted by Gasteiger charge is 2.43. The van der Waals surface area contributed by atoms with E-state index in [0.29, 0.717) is 17.4 Å². The van der Waals surface area contributed by atoms with Crippen molar-refractivity contribution in [1.29, 1.82) is 0 Å². The van der Waals surface area contributed by atoms with Crippen molar-refractivity contribution in [3.8, 4) is 0 Å². The molecule has 1 aromatic rings. The molecule has 1 aromatic heterocycles. The summed E-state index contributed by atoms with van der Waals surface area (Å²) in [4.78, 5) is 26.9. The van der Waals surface area contributed by atoms with Crippen LogP contribution in [0.3, 0.4) is 0 Å². The fourth-order valence-electron chi connectivity index (χ4n) is 5.10. The maximum absolute atomic E-state index is 12.9. The maximum atomic E-state index is 12.9. The van der Waals surface area contributed by atoms with Crippen molar-refractivity contribution in [1.82, 2.24) is 0 Å². The number of ether oxygens (including phenoxy) is 1. The van der Waals surface area contributed by atoms with E-state index >= 15 is 0 Å². The fourth-order valence-corrected chi connectivity index (χ4v) is 6.50. The van der Waals surface area contributed by atoms with Gasteiger partial charge in [0, 0.05) is 10.8 Å². The molecule has 26 heavy (non-hydrogen) atoms. The number of hydrogen-bond donors (Lipinski definition) is 1. The first-order valence-corrected chi connectivity index (χ1v) is 10.9. The van der Waals surface area contributed by atoms with Gasteiger partial charge in [-0.15, -0.1) is 11.3 Å². The van der Waals surface area contributed by atoms with Crippen molar-refractivity contribution in [2.75, 3.05) is 5.32 Å². The van der Waals surface area contributed by atoms with Gasteiger partial charge >= 0.3 is 5.97 Å². The van der Waals surface area contributed by atoms with Crippen LogP contribution in [0.4, 0.5) is 5.00 Å². The van der Waals surface area contributed by atoms with E-state index in [9.17, 15) is 9.59 Å². The van der Waals surface area contributed by atoms with Crippen LogP contribution in [-0.2, 0) is 22.4 Å². The van der Waals surface area contributed by atoms with Crippen LogP contribution in [0.15, 0.2) is 0 Å². The van der Waals surface area contributed by atoms with Crippen molar-refractivity contribution in [2.24, 2.45) is 23.7 Å². The number of anilines is 1. The molecule has 142 valence electrons. The standard InChI is InChI=1S/C21H29NO3S/c1-11(2)25-21(24)18-15-7-4-12(3)8-17(15)26-20(18)22-19(23)16-10-13-5-6-14(16)9-13/h11-14,16H,4-10H2,1-3H3,(H,22,23)/t12-,13+,14+,16+/m1/s1. The predicted molar refractivity (Wildman–Crippen MR) is 104 cm³/mol. The van der Waals surface area contributed by atoms with Gasteiger partial charge in [0.2, 0.25) is 5.91 Å². The molecule has 4 atom stereocenters. The Hall–Kier alpha value is -1.36. The van der Waals surface area contributed by atoms with Crippen LogP contribution in [0.5, 0.6) is 0 Å². The number of rotatable bonds is 4. The first-order valence-electron chi connectivity index (χ1n) is 10.1. The van der Waals surface area contributed by atoms with Gasteiger partial charge in [-0.05, 0) is 75.7 Å². The fraction of sp³-hybridized carbons (Fsp3) is 0.714. The molecule has 1 amide bonds. The minimum absolute atomic E-state index is 0.113. The van der Waals surface area contributed by atoms with Gasteiger partial charge in [0.1, 0.15) is 5.00 Å². The second-order valence-corrected chi connectivity index (χ2v) is 9.89. The average Bonchev–Trinajstić information content (AvgIpc) is 3.26. The topological polar surface area (TPSA) is 55.4 Å². The molecular weight excluding hydrogens is 346 g/mol. The molecule has 2 fully saturated rings. The Morgan fingerprint density at radius 1 is 1.19 bits per heavy atom. The third kappa shape index (κ3) is 3.30. The molecule has 4 rings (SSSR count). The first kappa shape index (κ1) is 18.0. The molecule has 0 saturated heterocycles. The molecule has 5 heteroatoms. The third-order valence-electron chi connectivity index (χ3n) is 6.37. The first-order chi connectivity index (χ1) is 12.4. The molecule has 0 aliphatic heterocycles. The summed E-state index contributed by atoms with van der Waals surface area (Å²) in [6.45, 7) is 5.99. The Balaban J connectivity index is 1.60. The zero-order valence-electron chi connectivity index (χ0n) is 16.0. The summed E-state index contributed by atoms with van der Waals surface area (Å²) in [7, 11) is 0. The van der Waals surface area contributed by atoms with Gasteiger partial charge in [-0.2, -0.15) is 0 Å². The van der Waals surface area contributed by atoms with E-state index in [-0.39, 0.29) is 23.9 Å². The number of carbonyl (C=O) groups excluding carboxylic acids is 2. The Morgan fingerprint density at radius 3 is 2.65 bits per heavy atom. The molecule has 2 bridgehead atoms. The summed E-state index contributed by atoms with van der Waals surface area (Å²) in [5.74, 6) is 1.86. The summed E-state index contributed by atoms with van der Waals surface area (Å²) in [6.07, 6.45) is 7.52. The smallest absolute Gasteiger partial charge is 0.341 e. The van der Waals surface area contributed by atoms with Crippen LogP contribution in [-0.4, -0.2) is 18.0 Å². The number of thiophene rings is 1. The quantitative estimate of drug-likeness (QED) is 0.768. The number of nitrogens with one attached hydrogen (secondary N) is 1. The van der Waals surface area contributed by atoms with Crippen molar-refractivity contribution < 1.29 is 14.3 Å². The highest BCUT2D eigenvalue weighted by atomic mass is 32.1. The number of amides is 1. The number of hydrogen-bond acceptors (Lipinski definition) is 4. The van der Waals surface area contributed by atoms with Crippen molar-refractivity contribution in [3.05, 3.63) is 16.0 Å². The lowest BCUT2D eigenvalue weighted by Crippen LogP contribution is -2.27. The highest BCUT2D eigenvalue weighted by molar-refractivity contribution is 7.17. The van der Waals surface area contributed by atoms with E-state index in [1.165, 1.54) is 24.1 Å². The van der Waals surface area contributed by atoms with Crippen LogP contribution in [0.2, 0.25) is 0 Å². The van der Waals surface area contributed by atoms with Gasteiger partial charge in [0.25, 0.3) is 0 Å². The van der Waals surface area contributed by atoms with E-state index in [1.54, 1.807) is 11.3 Å². The summed E-state index contributed by atoms with van der Waals surface area (Å²) in [5, 5.41) is 3.87. The van der Waals surface area contributed by atoms with Crippen LogP contribution >= 0.6 is 11.3 Å². The normalized spacial score (nSPS) is 29.7. The Bertz CT molecular complexity index is 723. The second kappa shape index (κ2) is 6.99. The summed E-state index contributed by atoms with van der Waals surface area (Å²) in [5.41, 5.74) is 1.74. The Kier molecular flexibility index (Phi) is 4.84. The van der Waals surface area contributed by atoms with Crippen molar-refractivity contribution in [3.63, 3.8) is 0 Å². The van der Waals surface area contributed by atoms with Gasteiger partial charge in [0.15, 0.2) is 0 Å². The largest absolute Gasteiger partial charge is 0.459 e. The highest BCUT2D eigenvalue weighted by Crippen LogP contribution is 2.49. The molecule has 1 heterocycles. The predicted octanol–water partition coefficient (Wildman–Crippen LogP) is 4.81. The monoisotopic (exact) mass is 375 g/mol. The Morgan fingerprint density at radius 2 is 2.00 bits per heavy atom. The molecule has 3 aliphatic rings. The Labute approximate surface area is 159 Å². The zero-order valence-corrected chi connectivity index (χ0v) is 16.8. The molecular formula is C21H29NO3S. The lowest BCUT2D eigenvalue weighted by molar-refractivity contribution is -0.121. The van der Waals surface area contributed by atoms with E-state index in [2.05, 4.69) is 12.2 Å². The SMILES string of the molecule is CC(C)OC(=O)c1c(NC(=O)[C@H]2C[C@H]3CC[C@H]2C3)sc2c1CC[C@@H](C)C2. The molecule has 0 unspecified atom stereocenters. The van der Waals surface area contributed by atoms with Crippen LogP contribution in [0.1, 0.15) is 73.7 Å². The summed E-state index contributed by atoms with van der Waals surface area (Å²) < 4.78 is 5.50. The van der Waals surface area contributed by atoms with Gasteiger partial charge in [-0.25, -0.2) is 4.79 Å². The van der Waals surface area contributed by atoms with E-state index in [4.69, 9.17) is 4.74 Å². The number of fused-ring (bicyclic) bond motifs is 3. The van der Waals surface area contributed by atoms with Gasteiger partial charge in [-0.3, -0.25) is 4.79 Å². The molecule has 4 nitrogen and oxygen atoms in total. The van der Waals surface area contributed by atoms with Crippen LogP contribution in [0.25, 0.3) is 0 Å². The van der Waals surface area contributed by atoms with E-state index in [1.807, 2.05) is 13.8 Å². The molecule has 0 radical (unpaired) electrons. The maximum Gasteiger partial charge on any atom is 0.341 e. The molecule has 1 N–H and O–H groups in total. The molecule has 0 spiro atoms. The second-order valence-electron chi connectivity index (χ2n) is 8.78. The average molecular weight is 376 g/mol. The lowest BCUT2D eigenvalue weighted by Gasteiger charge is -2.21. The minimum atomic E-state index is -0.282. The molecule has 2 saturated carbocycles. The number of carbonyl (C=O) groups is 2. The van der Waals surface area contributed by atoms with Gasteiger partial charge in [-0.1, -0.05) is 13.3 Å². The van der Waals surface area contributed by atoms with E-state index < -0.39 is 0 Å². The van der Waals surface area contributed by atoms with Gasteiger partial charge < -0.3 is 10.1 Å².